The van der Waals surface area contributed by atoms with Gasteiger partial charge < -0.3 is 44.5 Å². The summed E-state index contributed by atoms with van der Waals surface area (Å²) in [7, 11) is 0. The fraction of sp³-hybridized carbons (Fsp3) is 0.853. The number of unbranched alkanes of at least 4 members (excludes halogenated alkanes) is 11. The van der Waals surface area contributed by atoms with Crippen LogP contribution in [0.5, 0.6) is 0 Å². The van der Waals surface area contributed by atoms with Gasteiger partial charge in [-0.15, -0.1) is 0 Å². The Morgan fingerprint density at radius 1 is 0.592 bits per heavy atom. The number of aliphatic carboxylic acids is 4. The van der Waals surface area contributed by atoms with E-state index in [4.69, 9.17) is 0 Å². The number of carbonyl (C=O) groups is 5. The zero-order valence-corrected chi connectivity index (χ0v) is 34.5. The van der Waals surface area contributed by atoms with Crippen molar-refractivity contribution in [3.05, 3.63) is 0 Å². The number of hydrogen-bond donors (Lipinski definition) is 0. The Bertz CT molecular complexity index is 905. The first-order chi connectivity index (χ1) is 22.4. The van der Waals surface area contributed by atoms with E-state index in [2.05, 4.69) is 13.8 Å². The number of carboxylic acid groups (broad SMARTS) is 4. The van der Waals surface area contributed by atoms with Crippen molar-refractivity contribution in [2.24, 2.45) is 0 Å². The van der Waals surface area contributed by atoms with Crippen LogP contribution in [0.3, 0.4) is 0 Å². The van der Waals surface area contributed by atoms with E-state index in [0.717, 1.165) is 38.5 Å². The summed E-state index contributed by atoms with van der Waals surface area (Å²) in [6.45, 7) is 3.34. The molecule has 15 heteroatoms. The standard InChI is InChI=1S/C34H62N4O9.Gd.Na/c1-3-5-7-9-11-15-19-37(20-16-12-10-8-6-4-2)29(39)17-13-14-18-34(38(25-32(44)45)26-33(46)47)27-35(23-30(40)41)21-22-36(28-34)24-31(42)43;;/h3-28H2,1-2H3,(H,40,41)(H,42,43)(H,44,45)(H,46,47);;/q;+3;+1/p-4. The first kappa shape index (κ1) is 50.7. The second-order valence-corrected chi connectivity index (χ2v) is 13.1. The third-order valence-electron chi connectivity index (χ3n) is 8.98. The van der Waals surface area contributed by atoms with Crippen LogP contribution in [0.15, 0.2) is 0 Å². The van der Waals surface area contributed by atoms with Gasteiger partial charge in [0.15, 0.2) is 0 Å². The number of hydrogen-bond acceptors (Lipinski definition) is 12. The topological polar surface area (TPSA) is 191 Å². The minimum atomic E-state index is -1.54. The molecule has 0 bridgehead atoms. The maximum atomic E-state index is 13.4. The molecule has 0 N–H and O–H groups in total. The minimum Gasteiger partial charge on any atom is -0.549 e. The first-order valence-corrected chi connectivity index (χ1v) is 17.7. The maximum absolute atomic E-state index is 13.4. The molecule has 13 nitrogen and oxygen atoms in total. The number of rotatable bonds is 28. The number of carboxylic acids is 4. The fourth-order valence-corrected chi connectivity index (χ4v) is 6.59. The summed E-state index contributed by atoms with van der Waals surface area (Å²) in [5, 5.41) is 46.5. The molecule has 0 aromatic carbocycles. The summed E-state index contributed by atoms with van der Waals surface area (Å²) in [5.74, 6) is -5.79. The van der Waals surface area contributed by atoms with Crippen LogP contribution in [0.25, 0.3) is 0 Å². The van der Waals surface area contributed by atoms with E-state index in [9.17, 15) is 44.4 Å². The van der Waals surface area contributed by atoms with E-state index in [0.29, 0.717) is 25.9 Å². The Hall–Kier alpha value is -0.445. The van der Waals surface area contributed by atoms with Gasteiger partial charge in [-0.1, -0.05) is 84.5 Å². The molecule has 1 rings (SSSR count). The molecule has 1 aliphatic heterocycles. The summed E-state index contributed by atoms with van der Waals surface area (Å²) >= 11 is 0. The van der Waals surface area contributed by atoms with E-state index >= 15 is 0 Å². The van der Waals surface area contributed by atoms with Gasteiger partial charge in [0.1, 0.15) is 0 Å². The molecule has 0 spiro atoms. The van der Waals surface area contributed by atoms with Gasteiger partial charge in [0, 0.05) is 77.4 Å². The van der Waals surface area contributed by atoms with Crippen molar-refractivity contribution in [1.29, 1.82) is 0 Å². The van der Waals surface area contributed by atoms with Crippen molar-refractivity contribution in [3.63, 3.8) is 0 Å². The number of amides is 1. The first-order valence-electron chi connectivity index (χ1n) is 17.7. The summed E-state index contributed by atoms with van der Waals surface area (Å²) in [4.78, 5) is 66.0. The molecule has 277 valence electrons. The molecular weight excluding hydrogens is 789 g/mol. The van der Waals surface area contributed by atoms with Crippen molar-refractivity contribution in [1.82, 2.24) is 19.6 Å². The molecule has 49 heavy (non-hydrogen) atoms. The maximum Gasteiger partial charge on any atom is 3.00 e. The average Bonchev–Trinajstić information content (AvgIpc) is 3.15. The molecule has 1 amide bonds. The van der Waals surface area contributed by atoms with Crippen LogP contribution in [0.4, 0.5) is 0 Å². The van der Waals surface area contributed by atoms with E-state index in [1.54, 1.807) is 0 Å². The van der Waals surface area contributed by atoms with Crippen molar-refractivity contribution >= 4 is 29.8 Å². The van der Waals surface area contributed by atoms with Gasteiger partial charge in [0.05, 0.1) is 23.9 Å². The summed E-state index contributed by atoms with van der Waals surface area (Å²) in [6, 6.07) is 0. The predicted octanol–water partition coefficient (Wildman–Crippen LogP) is -4.24. The molecule has 0 aliphatic carbocycles. The Balaban J connectivity index is 0. The predicted molar refractivity (Wildman–Crippen MR) is 169 cm³/mol. The van der Waals surface area contributed by atoms with Crippen LogP contribution >= 0.6 is 0 Å². The fourth-order valence-electron chi connectivity index (χ4n) is 6.59. The average molecular weight is 847 g/mol. The molecule has 0 saturated carbocycles. The van der Waals surface area contributed by atoms with Crippen molar-refractivity contribution in [3.8, 4) is 0 Å². The SMILES string of the molecule is CCCCCCCCN(CCCCCCCC)C(=O)CCCCC1(N(CC(=O)[O-])CC(=O)[O-])CN(CC(=O)[O-])CCN(CC(=O)[O-])C1.[Gd+3].[Na+]. The molecule has 1 heterocycles. The molecule has 1 radical (unpaired) electrons. The van der Waals surface area contributed by atoms with Gasteiger partial charge in [-0.25, -0.2) is 0 Å². The van der Waals surface area contributed by atoms with Crippen molar-refractivity contribution < 1.29 is 114 Å². The second kappa shape index (κ2) is 30.1. The van der Waals surface area contributed by atoms with Crippen LogP contribution in [-0.4, -0.2) is 120 Å². The van der Waals surface area contributed by atoms with Crippen LogP contribution in [0.2, 0.25) is 0 Å². The second-order valence-electron chi connectivity index (χ2n) is 13.1. The zero-order valence-electron chi connectivity index (χ0n) is 30.2. The summed E-state index contributed by atoms with van der Waals surface area (Å²) in [6.07, 6.45) is 14.7. The van der Waals surface area contributed by atoms with Crippen molar-refractivity contribution in [2.45, 2.75) is 122 Å². The molecule has 0 atom stereocenters. The molecule has 1 saturated heterocycles. The Labute approximate surface area is 347 Å². The monoisotopic (exact) mass is 847 g/mol. The summed E-state index contributed by atoms with van der Waals surface area (Å²) < 4.78 is 0. The molecule has 0 aromatic rings. The third-order valence-corrected chi connectivity index (χ3v) is 8.98. The van der Waals surface area contributed by atoms with Crippen LogP contribution in [0.1, 0.15) is 117 Å². The molecule has 0 unspecified atom stereocenters. The largest absolute Gasteiger partial charge is 3.00 e. The van der Waals surface area contributed by atoms with Gasteiger partial charge in [-0.05, 0) is 25.7 Å². The molecular formula is C34H58GdN4NaO9. The van der Waals surface area contributed by atoms with Crippen LogP contribution < -0.4 is 50.0 Å². The quantitative estimate of drug-likeness (QED) is 0.0546. The van der Waals surface area contributed by atoms with Gasteiger partial charge in [0.2, 0.25) is 5.91 Å². The smallest absolute Gasteiger partial charge is 0.549 e. The number of carbonyl (C=O) groups excluding carboxylic acids is 5. The molecule has 1 aliphatic rings. The van der Waals surface area contributed by atoms with Crippen molar-refractivity contribution in [2.75, 3.05) is 65.4 Å². The normalized spacial score (nSPS) is 14.8. The van der Waals surface area contributed by atoms with Gasteiger partial charge in [-0.3, -0.25) is 19.5 Å². The van der Waals surface area contributed by atoms with Gasteiger partial charge in [0.25, 0.3) is 0 Å². The van der Waals surface area contributed by atoms with E-state index in [1.165, 1.54) is 53.2 Å². The Morgan fingerprint density at radius 3 is 1.39 bits per heavy atom. The van der Waals surface area contributed by atoms with Crippen LogP contribution in [0, 0.1) is 39.9 Å². The van der Waals surface area contributed by atoms with Gasteiger partial charge >= 0.3 is 69.5 Å². The zero-order chi connectivity index (χ0) is 35.1. The molecule has 1 fully saturated rings. The van der Waals surface area contributed by atoms with E-state index in [1.807, 2.05) is 4.90 Å². The Kier molecular flexibility index (Phi) is 31.1. The summed E-state index contributed by atoms with van der Waals surface area (Å²) in [5.41, 5.74) is -1.29. The van der Waals surface area contributed by atoms with E-state index < -0.39 is 55.6 Å². The molecule has 0 aromatic heterocycles. The van der Waals surface area contributed by atoms with Gasteiger partial charge in [-0.2, -0.15) is 0 Å². The van der Waals surface area contributed by atoms with Crippen LogP contribution in [-0.2, 0) is 24.0 Å². The number of nitrogens with zero attached hydrogens (tertiary/aromatic N) is 4. The minimum absolute atomic E-state index is 0. The third kappa shape index (κ3) is 23.7. The Morgan fingerprint density at radius 2 is 1.00 bits per heavy atom. The van der Waals surface area contributed by atoms with E-state index in [-0.39, 0.29) is 114 Å².